The number of benzene rings is 2. The number of hydrogen-bond acceptors (Lipinski definition) is 4. The van der Waals surface area contributed by atoms with Crippen molar-refractivity contribution in [3.8, 4) is 0 Å². The van der Waals surface area contributed by atoms with Crippen molar-refractivity contribution >= 4 is 52.1 Å². The highest BCUT2D eigenvalue weighted by molar-refractivity contribution is 6.35. The molecule has 0 unspecified atom stereocenters. The minimum Gasteiger partial charge on any atom is -0.377 e. The minimum absolute atomic E-state index is 0.0113. The summed E-state index contributed by atoms with van der Waals surface area (Å²) in [4.78, 5) is 17.1. The lowest BCUT2D eigenvalue weighted by atomic mass is 10.0. The molecule has 2 N–H and O–H groups in total. The Hall–Kier alpha value is -1.66. The molecule has 0 aromatic heterocycles. The predicted octanol–water partition coefficient (Wildman–Crippen LogP) is 5.61. The van der Waals surface area contributed by atoms with Gasteiger partial charge >= 0.3 is 0 Å². The quantitative estimate of drug-likeness (QED) is 0.566. The average molecular weight is 496 g/mol. The van der Waals surface area contributed by atoms with E-state index in [1.165, 1.54) is 0 Å². The summed E-state index contributed by atoms with van der Waals surface area (Å²) in [7, 11) is 0. The second-order valence-electron chi connectivity index (χ2n) is 8.51. The van der Waals surface area contributed by atoms with Gasteiger partial charge in [0.15, 0.2) is 0 Å². The van der Waals surface area contributed by atoms with Gasteiger partial charge in [0.05, 0.1) is 22.8 Å². The van der Waals surface area contributed by atoms with Gasteiger partial charge in [-0.2, -0.15) is 0 Å². The van der Waals surface area contributed by atoms with E-state index >= 15 is 0 Å². The first-order valence-corrected chi connectivity index (χ1v) is 12.3. The lowest BCUT2D eigenvalue weighted by Gasteiger charge is -2.38. The van der Waals surface area contributed by atoms with Crippen LogP contribution in [0.25, 0.3) is 0 Å². The van der Waals surface area contributed by atoms with Gasteiger partial charge in [0.25, 0.3) is 0 Å². The number of hydrogen-bond donors (Lipinski definition) is 2. The molecular weight excluding hydrogens is 467 g/mol. The summed E-state index contributed by atoms with van der Waals surface area (Å²) in [6.45, 7) is 6.06. The molecule has 0 radical (unpaired) electrons. The van der Waals surface area contributed by atoms with Gasteiger partial charge in [-0.25, -0.2) is 0 Å². The van der Waals surface area contributed by atoms with Crippen LogP contribution in [0, 0.1) is 0 Å². The van der Waals surface area contributed by atoms with Gasteiger partial charge in [-0.15, -0.1) is 0 Å². The maximum atomic E-state index is 12.8. The standard InChI is InChI=1S/C24H29Cl3N4O/c1-16(19-7-5-17(25)14-21(19)27)29-23-15-18(6-8-20(23)26)30-10-12-31(13-11-30)24(32)22-4-2-3-9-28-22/h5-8,14-16,22,28-29H,2-4,9-13H2,1H3/t16-,22-/m1/s1. The van der Waals surface area contributed by atoms with Crippen LogP contribution in [0.15, 0.2) is 36.4 Å². The maximum absolute atomic E-state index is 12.8. The van der Waals surface area contributed by atoms with Crippen LogP contribution in [0.4, 0.5) is 11.4 Å². The number of piperazine rings is 1. The third kappa shape index (κ3) is 5.45. The Morgan fingerprint density at radius 1 is 1.03 bits per heavy atom. The van der Waals surface area contributed by atoms with Crippen LogP contribution in [-0.4, -0.2) is 49.6 Å². The SMILES string of the molecule is C[C@@H](Nc1cc(N2CCN(C(=O)[C@H]3CCCCN3)CC2)ccc1Cl)c1ccc(Cl)cc1Cl. The highest BCUT2D eigenvalue weighted by atomic mass is 35.5. The molecule has 2 aliphatic rings. The molecule has 2 saturated heterocycles. The Labute approximate surface area is 205 Å². The van der Waals surface area contributed by atoms with Crippen LogP contribution in [0.1, 0.15) is 37.8 Å². The summed E-state index contributed by atoms with van der Waals surface area (Å²) in [6.07, 6.45) is 3.23. The third-order valence-electron chi connectivity index (χ3n) is 6.32. The molecule has 2 aliphatic heterocycles. The average Bonchev–Trinajstić information content (AvgIpc) is 2.80. The first-order valence-electron chi connectivity index (χ1n) is 11.2. The number of nitrogens with one attached hydrogen (secondary N) is 2. The minimum atomic E-state index is -0.0371. The molecule has 0 bridgehead atoms. The summed E-state index contributed by atoms with van der Waals surface area (Å²) in [5, 5.41) is 8.74. The van der Waals surface area contributed by atoms with Crippen LogP contribution in [-0.2, 0) is 4.79 Å². The van der Waals surface area contributed by atoms with Crippen molar-refractivity contribution in [1.29, 1.82) is 0 Å². The molecule has 0 spiro atoms. The number of carbonyl (C=O) groups excluding carboxylic acids is 1. The Morgan fingerprint density at radius 2 is 1.81 bits per heavy atom. The van der Waals surface area contributed by atoms with Gasteiger partial charge in [-0.3, -0.25) is 4.79 Å². The van der Waals surface area contributed by atoms with E-state index in [2.05, 4.69) is 21.6 Å². The van der Waals surface area contributed by atoms with E-state index in [1.54, 1.807) is 6.07 Å². The highest BCUT2D eigenvalue weighted by Crippen LogP contribution is 2.33. The van der Waals surface area contributed by atoms with Crippen molar-refractivity contribution < 1.29 is 4.79 Å². The number of carbonyl (C=O) groups is 1. The molecule has 2 aromatic rings. The maximum Gasteiger partial charge on any atom is 0.239 e. The Kier molecular flexibility index (Phi) is 7.72. The second-order valence-corrected chi connectivity index (χ2v) is 9.76. The molecule has 2 heterocycles. The summed E-state index contributed by atoms with van der Waals surface area (Å²) in [5.41, 5.74) is 2.91. The lowest BCUT2D eigenvalue weighted by molar-refractivity contribution is -0.134. The van der Waals surface area contributed by atoms with Crippen molar-refractivity contribution in [3.63, 3.8) is 0 Å². The Bertz CT molecular complexity index is 956. The molecule has 2 aromatic carbocycles. The fourth-order valence-corrected chi connectivity index (χ4v) is 5.20. The van der Waals surface area contributed by atoms with Crippen LogP contribution < -0.4 is 15.5 Å². The highest BCUT2D eigenvalue weighted by Gasteiger charge is 2.28. The number of halogens is 3. The largest absolute Gasteiger partial charge is 0.377 e. The number of amides is 1. The smallest absolute Gasteiger partial charge is 0.239 e. The third-order valence-corrected chi connectivity index (χ3v) is 7.21. The van der Waals surface area contributed by atoms with Crippen molar-refractivity contribution in [2.75, 3.05) is 42.9 Å². The Morgan fingerprint density at radius 3 is 2.50 bits per heavy atom. The van der Waals surface area contributed by atoms with E-state index in [4.69, 9.17) is 34.8 Å². The predicted molar refractivity (Wildman–Crippen MR) is 134 cm³/mol. The normalized spacial score (nSPS) is 20.2. The fraction of sp³-hybridized carbons (Fsp3) is 0.458. The molecule has 4 rings (SSSR count). The van der Waals surface area contributed by atoms with Gasteiger partial charge in [-0.1, -0.05) is 47.3 Å². The number of nitrogens with zero attached hydrogens (tertiary/aromatic N) is 2. The molecule has 2 fully saturated rings. The molecule has 8 heteroatoms. The number of anilines is 2. The van der Waals surface area contributed by atoms with Crippen molar-refractivity contribution in [1.82, 2.24) is 10.2 Å². The zero-order valence-electron chi connectivity index (χ0n) is 18.2. The molecule has 32 heavy (non-hydrogen) atoms. The molecule has 5 nitrogen and oxygen atoms in total. The van der Waals surface area contributed by atoms with E-state index in [9.17, 15) is 4.79 Å². The monoisotopic (exact) mass is 494 g/mol. The summed E-state index contributed by atoms with van der Waals surface area (Å²) >= 11 is 18.9. The number of piperidine rings is 1. The van der Waals surface area contributed by atoms with Gasteiger partial charge in [0.2, 0.25) is 5.91 Å². The van der Waals surface area contributed by atoms with Gasteiger partial charge in [-0.05, 0) is 62.2 Å². The second kappa shape index (κ2) is 10.5. The van der Waals surface area contributed by atoms with Gasteiger partial charge in [0, 0.05) is 41.9 Å². The zero-order valence-corrected chi connectivity index (χ0v) is 20.5. The number of rotatable bonds is 5. The van der Waals surface area contributed by atoms with Crippen LogP contribution >= 0.6 is 34.8 Å². The van der Waals surface area contributed by atoms with Crippen molar-refractivity contribution in [3.05, 3.63) is 57.0 Å². The van der Waals surface area contributed by atoms with E-state index in [0.29, 0.717) is 15.1 Å². The van der Waals surface area contributed by atoms with E-state index in [1.807, 2.05) is 36.1 Å². The summed E-state index contributed by atoms with van der Waals surface area (Å²) in [6, 6.07) is 11.5. The van der Waals surface area contributed by atoms with Crippen LogP contribution in [0.5, 0.6) is 0 Å². The zero-order chi connectivity index (χ0) is 22.7. The van der Waals surface area contributed by atoms with Crippen molar-refractivity contribution in [2.24, 2.45) is 0 Å². The van der Waals surface area contributed by atoms with Crippen molar-refractivity contribution in [2.45, 2.75) is 38.3 Å². The topological polar surface area (TPSA) is 47.6 Å². The van der Waals surface area contributed by atoms with Crippen LogP contribution in [0.2, 0.25) is 15.1 Å². The molecular formula is C24H29Cl3N4O. The first kappa shape index (κ1) is 23.5. The van der Waals surface area contributed by atoms with Crippen LogP contribution in [0.3, 0.4) is 0 Å². The van der Waals surface area contributed by atoms with E-state index in [-0.39, 0.29) is 18.0 Å². The fourth-order valence-electron chi connectivity index (χ4n) is 4.45. The van der Waals surface area contributed by atoms with E-state index < -0.39 is 0 Å². The summed E-state index contributed by atoms with van der Waals surface area (Å²) in [5.74, 6) is 0.247. The lowest BCUT2D eigenvalue weighted by Crippen LogP contribution is -2.55. The molecule has 172 valence electrons. The van der Waals surface area contributed by atoms with E-state index in [0.717, 1.165) is 68.9 Å². The summed E-state index contributed by atoms with van der Waals surface area (Å²) < 4.78 is 0. The van der Waals surface area contributed by atoms with Gasteiger partial charge in [0.1, 0.15) is 0 Å². The molecule has 1 amide bonds. The Balaban J connectivity index is 1.40. The molecule has 0 saturated carbocycles. The molecule has 0 aliphatic carbocycles. The first-order chi connectivity index (χ1) is 15.4. The van der Waals surface area contributed by atoms with Gasteiger partial charge < -0.3 is 20.4 Å². The molecule has 2 atom stereocenters.